The Morgan fingerprint density at radius 2 is 2.00 bits per heavy atom. The van der Waals surface area contributed by atoms with Gasteiger partial charge in [-0.3, -0.25) is 0 Å². The summed E-state index contributed by atoms with van der Waals surface area (Å²) in [6.07, 6.45) is 0. The third kappa shape index (κ3) is 2.51. The van der Waals surface area contributed by atoms with Crippen LogP contribution in [0.4, 0.5) is 0 Å². The maximum absolute atomic E-state index is 11.0. The third-order valence-electron chi connectivity index (χ3n) is 2.85. The summed E-state index contributed by atoms with van der Waals surface area (Å²) < 4.78 is 5.18. The lowest BCUT2D eigenvalue weighted by Gasteiger charge is -2.17. The first-order chi connectivity index (χ1) is 8.82. The molecule has 0 unspecified atom stereocenters. The number of ether oxygens (including phenoxy) is 1. The molecular weight excluding hydrogens is 246 g/mol. The van der Waals surface area contributed by atoms with Crippen molar-refractivity contribution in [3.63, 3.8) is 0 Å². The molecule has 0 bridgehead atoms. The van der Waals surface area contributed by atoms with Gasteiger partial charge in [-0.25, -0.2) is 9.78 Å². The molecule has 0 saturated heterocycles. The molecule has 5 heteroatoms. The summed E-state index contributed by atoms with van der Waals surface area (Å²) in [6.45, 7) is 3.28. The number of methoxy groups -OCH3 is 1. The van der Waals surface area contributed by atoms with Gasteiger partial charge in [-0.1, -0.05) is 6.07 Å². The molecule has 0 saturated carbocycles. The lowest BCUT2D eigenvalue weighted by Crippen LogP contribution is -2.17. The first-order valence-electron chi connectivity index (χ1n) is 5.78. The Hall–Kier alpha value is -2.14. The van der Waals surface area contributed by atoms with Crippen molar-refractivity contribution < 1.29 is 19.7 Å². The van der Waals surface area contributed by atoms with E-state index in [1.807, 2.05) is 0 Å². The zero-order valence-electron chi connectivity index (χ0n) is 11.0. The van der Waals surface area contributed by atoms with Gasteiger partial charge in [-0.05, 0) is 32.0 Å². The van der Waals surface area contributed by atoms with E-state index in [9.17, 15) is 9.90 Å². The molecule has 2 aromatic rings. The summed E-state index contributed by atoms with van der Waals surface area (Å²) in [5.41, 5.74) is 0.112. The van der Waals surface area contributed by atoms with Gasteiger partial charge in [0.05, 0.1) is 18.4 Å². The number of fused-ring (bicyclic) bond motifs is 1. The maximum atomic E-state index is 11.0. The predicted molar refractivity (Wildman–Crippen MR) is 70.5 cm³/mol. The maximum Gasteiger partial charge on any atom is 0.335 e. The van der Waals surface area contributed by atoms with Crippen molar-refractivity contribution >= 4 is 16.9 Å². The van der Waals surface area contributed by atoms with Crippen molar-refractivity contribution in [2.75, 3.05) is 7.11 Å². The molecule has 1 heterocycles. The summed E-state index contributed by atoms with van der Waals surface area (Å²) in [5, 5.41) is 19.6. The summed E-state index contributed by atoms with van der Waals surface area (Å²) in [6, 6.07) is 6.35. The second kappa shape index (κ2) is 4.51. The Labute approximate surface area is 110 Å². The van der Waals surface area contributed by atoms with Gasteiger partial charge < -0.3 is 14.9 Å². The van der Waals surface area contributed by atoms with Crippen molar-refractivity contribution in [2.45, 2.75) is 19.4 Å². The molecule has 2 N–H and O–H groups in total. The number of carboxylic acids is 1. The second-order valence-electron chi connectivity index (χ2n) is 4.81. The highest BCUT2D eigenvalue weighted by Gasteiger charge is 2.19. The number of aromatic nitrogens is 1. The largest absolute Gasteiger partial charge is 0.494 e. The van der Waals surface area contributed by atoms with Crippen molar-refractivity contribution in [3.8, 4) is 5.75 Å². The van der Waals surface area contributed by atoms with E-state index < -0.39 is 11.6 Å². The summed E-state index contributed by atoms with van der Waals surface area (Å²) in [5.74, 6) is -0.646. The smallest absolute Gasteiger partial charge is 0.335 e. The summed E-state index contributed by atoms with van der Waals surface area (Å²) >= 11 is 0. The minimum Gasteiger partial charge on any atom is -0.494 e. The van der Waals surface area contributed by atoms with Gasteiger partial charge in [0.2, 0.25) is 0 Å². The molecule has 2 rings (SSSR count). The van der Waals surface area contributed by atoms with Gasteiger partial charge in [0.15, 0.2) is 0 Å². The van der Waals surface area contributed by atoms with Gasteiger partial charge in [0.1, 0.15) is 16.9 Å². The van der Waals surface area contributed by atoms with Crippen LogP contribution >= 0.6 is 0 Å². The highest BCUT2D eigenvalue weighted by molar-refractivity contribution is 5.96. The monoisotopic (exact) mass is 261 g/mol. The number of carbonyl (C=O) groups is 1. The normalized spacial score (nSPS) is 11.6. The van der Waals surface area contributed by atoms with Crippen LogP contribution < -0.4 is 4.74 Å². The molecule has 0 fully saturated rings. The Balaban J connectivity index is 2.72. The standard InChI is InChI=1S/C14H15NO4/c1-14(2,18)11-5-4-8-6-9(13(16)17)7-10(19-3)12(8)15-11/h4-7,18H,1-3H3,(H,16,17). The zero-order chi connectivity index (χ0) is 14.2. The van der Waals surface area contributed by atoms with E-state index >= 15 is 0 Å². The Morgan fingerprint density at radius 3 is 2.53 bits per heavy atom. The minimum absolute atomic E-state index is 0.141. The van der Waals surface area contributed by atoms with Gasteiger partial charge in [0.25, 0.3) is 0 Å². The van der Waals surface area contributed by atoms with Crippen LogP contribution in [-0.4, -0.2) is 28.3 Å². The molecule has 5 nitrogen and oxygen atoms in total. The quantitative estimate of drug-likeness (QED) is 0.885. The van der Waals surface area contributed by atoms with Gasteiger partial charge >= 0.3 is 5.97 Å². The van der Waals surface area contributed by atoms with Crippen molar-refractivity contribution in [1.29, 1.82) is 0 Å². The van der Waals surface area contributed by atoms with E-state index in [1.165, 1.54) is 19.2 Å². The Morgan fingerprint density at radius 1 is 1.32 bits per heavy atom. The Bertz CT molecular complexity index is 644. The number of hydrogen-bond acceptors (Lipinski definition) is 4. The van der Waals surface area contributed by atoms with Gasteiger partial charge in [-0.2, -0.15) is 0 Å². The summed E-state index contributed by atoms with van der Waals surface area (Å²) in [7, 11) is 1.46. The fraction of sp³-hybridized carbons (Fsp3) is 0.286. The van der Waals surface area contributed by atoms with Crippen LogP contribution in [-0.2, 0) is 5.60 Å². The molecule has 0 aliphatic heterocycles. The van der Waals surface area contributed by atoms with Gasteiger partial charge in [0, 0.05) is 5.39 Å². The lowest BCUT2D eigenvalue weighted by atomic mass is 10.0. The van der Waals surface area contributed by atoms with E-state index in [1.54, 1.807) is 26.0 Å². The number of aromatic carboxylic acids is 1. The average molecular weight is 261 g/mol. The van der Waals surface area contributed by atoms with Crippen molar-refractivity contribution in [2.24, 2.45) is 0 Å². The topological polar surface area (TPSA) is 79.7 Å². The van der Waals surface area contributed by atoms with Crippen LogP contribution in [0.15, 0.2) is 24.3 Å². The zero-order valence-corrected chi connectivity index (χ0v) is 11.0. The average Bonchev–Trinajstić information content (AvgIpc) is 2.35. The van der Waals surface area contributed by atoms with Gasteiger partial charge in [-0.15, -0.1) is 0 Å². The summed E-state index contributed by atoms with van der Waals surface area (Å²) in [4.78, 5) is 15.4. The highest BCUT2D eigenvalue weighted by atomic mass is 16.5. The van der Waals surface area contributed by atoms with Crippen LogP contribution in [0.25, 0.3) is 10.9 Å². The minimum atomic E-state index is -1.06. The number of rotatable bonds is 3. The van der Waals surface area contributed by atoms with Crippen LogP contribution in [0.5, 0.6) is 5.75 Å². The van der Waals surface area contributed by atoms with Crippen molar-refractivity contribution in [3.05, 3.63) is 35.5 Å². The molecule has 0 aliphatic carbocycles. The molecule has 0 aliphatic rings. The number of carboxylic acid groups (broad SMARTS) is 1. The fourth-order valence-corrected chi connectivity index (χ4v) is 1.82. The number of benzene rings is 1. The molecule has 19 heavy (non-hydrogen) atoms. The molecule has 1 aromatic carbocycles. The van der Waals surface area contributed by atoms with E-state index in [0.717, 1.165) is 0 Å². The molecule has 1 aromatic heterocycles. The lowest BCUT2D eigenvalue weighted by molar-refractivity contribution is 0.0695. The molecular formula is C14H15NO4. The third-order valence-corrected chi connectivity index (χ3v) is 2.85. The number of hydrogen-bond donors (Lipinski definition) is 2. The van der Waals surface area contributed by atoms with Crippen LogP contribution in [0.2, 0.25) is 0 Å². The van der Waals surface area contributed by atoms with Crippen LogP contribution in [0, 0.1) is 0 Å². The SMILES string of the molecule is COc1cc(C(=O)O)cc2ccc(C(C)(C)O)nc12. The Kier molecular flexibility index (Phi) is 3.16. The predicted octanol–water partition coefficient (Wildman–Crippen LogP) is 2.17. The van der Waals surface area contributed by atoms with Crippen LogP contribution in [0.1, 0.15) is 29.9 Å². The highest BCUT2D eigenvalue weighted by Crippen LogP contribution is 2.28. The first kappa shape index (κ1) is 13.3. The first-order valence-corrected chi connectivity index (χ1v) is 5.78. The molecule has 0 amide bonds. The second-order valence-corrected chi connectivity index (χ2v) is 4.81. The molecule has 0 atom stereocenters. The fourth-order valence-electron chi connectivity index (χ4n) is 1.82. The van der Waals surface area contributed by atoms with Crippen molar-refractivity contribution in [1.82, 2.24) is 4.98 Å². The number of pyridine rings is 1. The van der Waals surface area contributed by atoms with E-state index in [0.29, 0.717) is 22.3 Å². The number of nitrogens with zero attached hydrogens (tertiary/aromatic N) is 1. The van der Waals surface area contributed by atoms with Crippen LogP contribution in [0.3, 0.4) is 0 Å². The molecule has 0 spiro atoms. The van der Waals surface area contributed by atoms with E-state index in [2.05, 4.69) is 4.98 Å². The molecule has 100 valence electrons. The molecule has 0 radical (unpaired) electrons. The van der Waals surface area contributed by atoms with E-state index in [-0.39, 0.29) is 5.56 Å². The number of aliphatic hydroxyl groups is 1. The van der Waals surface area contributed by atoms with E-state index in [4.69, 9.17) is 9.84 Å².